The van der Waals surface area contributed by atoms with Gasteiger partial charge in [0, 0.05) is 19.4 Å². The SMILES string of the molecule is CCCC1[C@@H](OC)C(CC(CO[Si](C)(C)C(C)(C)C)O[Si](C)(C)C(C)(C)C)O[C@H]1C. The van der Waals surface area contributed by atoms with Crippen molar-refractivity contribution >= 4 is 16.6 Å². The predicted molar refractivity (Wildman–Crippen MR) is 133 cm³/mol. The summed E-state index contributed by atoms with van der Waals surface area (Å²) in [5.74, 6) is 0.458. The summed E-state index contributed by atoms with van der Waals surface area (Å²) in [6, 6.07) is 0. The van der Waals surface area contributed by atoms with Crippen LogP contribution in [0.1, 0.15) is 74.7 Å². The van der Waals surface area contributed by atoms with Gasteiger partial charge in [-0.05, 0) is 49.6 Å². The van der Waals surface area contributed by atoms with E-state index in [0.29, 0.717) is 12.5 Å². The van der Waals surface area contributed by atoms with E-state index in [1.807, 2.05) is 7.11 Å². The second kappa shape index (κ2) is 10.5. The van der Waals surface area contributed by atoms with Crippen LogP contribution in [0.2, 0.25) is 36.3 Å². The fourth-order valence-electron chi connectivity index (χ4n) is 3.77. The van der Waals surface area contributed by atoms with Gasteiger partial charge in [0.2, 0.25) is 0 Å². The lowest BCUT2D eigenvalue weighted by Gasteiger charge is -2.42. The van der Waals surface area contributed by atoms with Crippen LogP contribution in [-0.2, 0) is 18.3 Å². The molecule has 0 aromatic rings. The Morgan fingerprint density at radius 1 is 0.933 bits per heavy atom. The minimum atomic E-state index is -1.92. The van der Waals surface area contributed by atoms with Crippen LogP contribution in [0.15, 0.2) is 0 Å². The van der Waals surface area contributed by atoms with Gasteiger partial charge in [-0.3, -0.25) is 0 Å². The molecule has 1 rings (SSSR count). The molecule has 1 heterocycles. The zero-order chi connectivity index (χ0) is 23.5. The Kier molecular flexibility index (Phi) is 9.88. The van der Waals surface area contributed by atoms with Gasteiger partial charge in [-0.15, -0.1) is 0 Å². The molecule has 0 saturated carbocycles. The topological polar surface area (TPSA) is 36.9 Å². The van der Waals surface area contributed by atoms with Crippen LogP contribution in [0.3, 0.4) is 0 Å². The van der Waals surface area contributed by atoms with Gasteiger partial charge in [-0.25, -0.2) is 0 Å². The van der Waals surface area contributed by atoms with Gasteiger partial charge in [0.25, 0.3) is 0 Å². The number of hydrogen-bond acceptors (Lipinski definition) is 4. The van der Waals surface area contributed by atoms with Gasteiger partial charge >= 0.3 is 0 Å². The van der Waals surface area contributed by atoms with Crippen molar-refractivity contribution in [2.45, 2.75) is 135 Å². The molecule has 0 amide bonds. The Bertz CT molecular complexity index is 522. The summed E-state index contributed by atoms with van der Waals surface area (Å²) in [6.07, 6.45) is 3.61. The molecule has 0 bridgehead atoms. The first-order chi connectivity index (χ1) is 13.5. The summed E-state index contributed by atoms with van der Waals surface area (Å²) in [4.78, 5) is 0. The maximum Gasteiger partial charge on any atom is 0.192 e. The average Bonchev–Trinajstić information content (AvgIpc) is 2.85. The highest BCUT2D eigenvalue weighted by Crippen LogP contribution is 2.41. The molecule has 0 radical (unpaired) electrons. The van der Waals surface area contributed by atoms with Crippen molar-refractivity contribution in [3.8, 4) is 0 Å². The zero-order valence-electron chi connectivity index (χ0n) is 22.3. The molecule has 0 aromatic carbocycles. The molecular formula is C24H52O4Si2. The van der Waals surface area contributed by atoms with Crippen molar-refractivity contribution in [1.82, 2.24) is 0 Å². The maximum atomic E-state index is 6.90. The van der Waals surface area contributed by atoms with Crippen molar-refractivity contribution in [3.05, 3.63) is 0 Å². The highest BCUT2D eigenvalue weighted by atomic mass is 28.4. The molecule has 0 aliphatic carbocycles. The van der Waals surface area contributed by atoms with Gasteiger partial charge in [0.15, 0.2) is 16.6 Å². The van der Waals surface area contributed by atoms with E-state index < -0.39 is 16.6 Å². The summed E-state index contributed by atoms with van der Waals surface area (Å²) in [5, 5.41) is 0.353. The van der Waals surface area contributed by atoms with Crippen molar-refractivity contribution in [3.63, 3.8) is 0 Å². The van der Waals surface area contributed by atoms with Crippen LogP contribution in [-0.4, -0.2) is 54.8 Å². The second-order valence-corrected chi connectivity index (χ2v) is 21.9. The van der Waals surface area contributed by atoms with E-state index in [4.69, 9.17) is 18.3 Å². The van der Waals surface area contributed by atoms with Crippen LogP contribution in [0.25, 0.3) is 0 Å². The minimum Gasteiger partial charge on any atom is -0.414 e. The molecule has 6 heteroatoms. The standard InChI is InChI=1S/C24H52O4Si2/c1-14-15-20-18(2)27-21(22(20)25-9)16-19(28-30(12,13)24(6,7)8)17-26-29(10,11)23(3,4)5/h18-22H,14-17H2,1-13H3/t18-,19?,20?,21?,22+/m0/s1. The molecule has 0 spiro atoms. The summed E-state index contributed by atoms with van der Waals surface area (Å²) >= 11 is 0. The number of hydrogen-bond donors (Lipinski definition) is 0. The summed E-state index contributed by atoms with van der Waals surface area (Å²) < 4.78 is 25.9. The normalized spacial score (nSPS) is 27.5. The van der Waals surface area contributed by atoms with E-state index in [0.717, 1.165) is 19.3 Å². The molecule has 0 aromatic heterocycles. The molecule has 0 N–H and O–H groups in total. The summed E-state index contributed by atoms with van der Waals surface area (Å²) in [6.45, 7) is 28.2. The van der Waals surface area contributed by atoms with Gasteiger partial charge in [-0.1, -0.05) is 54.9 Å². The third kappa shape index (κ3) is 7.14. The Hall–Kier alpha value is 0.274. The number of ether oxygens (including phenoxy) is 2. The molecule has 1 fully saturated rings. The smallest absolute Gasteiger partial charge is 0.192 e. The van der Waals surface area contributed by atoms with E-state index in [9.17, 15) is 0 Å². The van der Waals surface area contributed by atoms with Gasteiger partial charge in [-0.2, -0.15) is 0 Å². The van der Waals surface area contributed by atoms with Crippen LogP contribution in [0.4, 0.5) is 0 Å². The Morgan fingerprint density at radius 3 is 1.90 bits per heavy atom. The molecule has 30 heavy (non-hydrogen) atoms. The first-order valence-corrected chi connectivity index (χ1v) is 17.8. The first-order valence-electron chi connectivity index (χ1n) is 12.0. The third-order valence-corrected chi connectivity index (χ3v) is 16.9. The van der Waals surface area contributed by atoms with E-state index in [1.54, 1.807) is 0 Å². The average molecular weight is 461 g/mol. The Labute approximate surface area is 190 Å². The van der Waals surface area contributed by atoms with Crippen LogP contribution >= 0.6 is 0 Å². The molecule has 1 aliphatic rings. The van der Waals surface area contributed by atoms with Gasteiger partial charge in [0.1, 0.15) is 0 Å². The molecule has 4 nitrogen and oxygen atoms in total. The molecule has 1 saturated heterocycles. The van der Waals surface area contributed by atoms with Crippen molar-refractivity contribution in [2.24, 2.45) is 5.92 Å². The van der Waals surface area contributed by atoms with Gasteiger partial charge in [0.05, 0.1) is 31.0 Å². The number of rotatable bonds is 10. The third-order valence-electron chi connectivity index (χ3n) is 7.87. The molecule has 5 atom stereocenters. The minimum absolute atomic E-state index is 0.0373. The van der Waals surface area contributed by atoms with E-state index in [-0.39, 0.29) is 34.5 Å². The fraction of sp³-hybridized carbons (Fsp3) is 1.00. The quantitative estimate of drug-likeness (QED) is 0.329. The van der Waals surface area contributed by atoms with E-state index in [2.05, 4.69) is 81.6 Å². The van der Waals surface area contributed by atoms with E-state index in [1.165, 1.54) is 0 Å². The second-order valence-electron chi connectivity index (χ2n) is 12.3. The molecule has 1 aliphatic heterocycles. The highest BCUT2D eigenvalue weighted by molar-refractivity contribution is 6.74. The molecular weight excluding hydrogens is 408 g/mol. The van der Waals surface area contributed by atoms with Crippen molar-refractivity contribution < 1.29 is 18.3 Å². The van der Waals surface area contributed by atoms with Crippen LogP contribution < -0.4 is 0 Å². The zero-order valence-corrected chi connectivity index (χ0v) is 24.3. The summed E-state index contributed by atoms with van der Waals surface area (Å²) in [7, 11) is -1.94. The van der Waals surface area contributed by atoms with Crippen molar-refractivity contribution in [2.75, 3.05) is 13.7 Å². The Morgan fingerprint density at radius 2 is 1.47 bits per heavy atom. The largest absolute Gasteiger partial charge is 0.414 e. The monoisotopic (exact) mass is 460 g/mol. The summed E-state index contributed by atoms with van der Waals surface area (Å²) in [5.41, 5.74) is 0. The lowest BCUT2D eigenvalue weighted by molar-refractivity contribution is -0.0337. The number of methoxy groups -OCH3 is 1. The van der Waals surface area contributed by atoms with Crippen LogP contribution in [0, 0.1) is 5.92 Å². The van der Waals surface area contributed by atoms with E-state index >= 15 is 0 Å². The predicted octanol–water partition coefficient (Wildman–Crippen LogP) is 7.01. The lowest BCUT2D eigenvalue weighted by Crippen LogP contribution is -2.49. The van der Waals surface area contributed by atoms with Gasteiger partial charge < -0.3 is 18.3 Å². The van der Waals surface area contributed by atoms with Crippen LogP contribution in [0.5, 0.6) is 0 Å². The fourth-order valence-corrected chi connectivity index (χ4v) is 6.15. The van der Waals surface area contributed by atoms with Crippen molar-refractivity contribution in [1.29, 1.82) is 0 Å². The lowest BCUT2D eigenvalue weighted by atomic mass is 9.91. The first kappa shape index (κ1) is 28.3. The maximum absolute atomic E-state index is 6.90. The molecule has 3 unspecified atom stereocenters. The molecule has 180 valence electrons. The Balaban J connectivity index is 3.03. The highest BCUT2D eigenvalue weighted by Gasteiger charge is 2.46.